The zero-order chi connectivity index (χ0) is 13.8. The van der Waals surface area contributed by atoms with Gasteiger partial charge in [0.1, 0.15) is 0 Å². The minimum Gasteiger partial charge on any atom is -0.493 e. The molecule has 1 heterocycles. The number of ether oxygens (including phenoxy) is 3. The topological polar surface area (TPSA) is 57.7 Å². The average molecular weight is 261 g/mol. The number of nitrogens with zero attached hydrogens (tertiary/aromatic N) is 1. The fourth-order valence-electron chi connectivity index (χ4n) is 1.78. The Kier molecular flexibility index (Phi) is 3.85. The smallest absolute Gasteiger partial charge is 0.339 e. The van der Waals surface area contributed by atoms with Crippen LogP contribution in [-0.2, 0) is 4.74 Å². The summed E-state index contributed by atoms with van der Waals surface area (Å²) in [5.41, 5.74) is 1.15. The number of rotatable bonds is 4. The zero-order valence-electron chi connectivity index (χ0n) is 11.1. The number of benzene rings is 1. The van der Waals surface area contributed by atoms with Crippen LogP contribution in [0.2, 0.25) is 0 Å². The highest BCUT2D eigenvalue weighted by Crippen LogP contribution is 2.31. The Morgan fingerprint density at radius 2 is 1.84 bits per heavy atom. The van der Waals surface area contributed by atoms with Gasteiger partial charge in [-0.1, -0.05) is 0 Å². The normalized spacial score (nSPS) is 10.3. The monoisotopic (exact) mass is 261 g/mol. The highest BCUT2D eigenvalue weighted by molar-refractivity contribution is 5.94. The molecule has 0 amide bonds. The van der Waals surface area contributed by atoms with E-state index in [1.165, 1.54) is 6.20 Å². The van der Waals surface area contributed by atoms with Gasteiger partial charge in [-0.3, -0.25) is 4.98 Å². The molecule has 0 bridgehead atoms. The van der Waals surface area contributed by atoms with E-state index >= 15 is 0 Å². The molecule has 0 fully saturated rings. The van der Waals surface area contributed by atoms with Gasteiger partial charge in [-0.2, -0.15) is 0 Å². The molecular formula is C14H15NO4. The number of hydrogen-bond donors (Lipinski definition) is 0. The Labute approximate surface area is 111 Å². The van der Waals surface area contributed by atoms with Crippen molar-refractivity contribution in [3.05, 3.63) is 30.0 Å². The van der Waals surface area contributed by atoms with E-state index in [4.69, 9.17) is 14.2 Å². The van der Waals surface area contributed by atoms with Gasteiger partial charge in [-0.15, -0.1) is 0 Å². The van der Waals surface area contributed by atoms with Crippen molar-refractivity contribution in [2.24, 2.45) is 0 Å². The lowest BCUT2D eigenvalue weighted by molar-refractivity contribution is 0.0526. The molecule has 2 aromatic rings. The highest BCUT2D eigenvalue weighted by atomic mass is 16.5. The maximum Gasteiger partial charge on any atom is 0.339 e. The quantitative estimate of drug-likeness (QED) is 0.791. The Morgan fingerprint density at radius 3 is 2.47 bits per heavy atom. The van der Waals surface area contributed by atoms with E-state index in [0.717, 1.165) is 10.9 Å². The average Bonchev–Trinajstić information content (AvgIpc) is 2.45. The van der Waals surface area contributed by atoms with Crippen LogP contribution in [0.4, 0.5) is 0 Å². The van der Waals surface area contributed by atoms with E-state index < -0.39 is 0 Å². The summed E-state index contributed by atoms with van der Waals surface area (Å²) in [6.07, 6.45) is 1.49. The second kappa shape index (κ2) is 5.56. The van der Waals surface area contributed by atoms with E-state index in [9.17, 15) is 4.79 Å². The molecule has 5 heteroatoms. The molecular weight excluding hydrogens is 246 g/mol. The summed E-state index contributed by atoms with van der Waals surface area (Å²) in [7, 11) is 3.13. The molecule has 0 N–H and O–H groups in total. The van der Waals surface area contributed by atoms with Gasteiger partial charge in [0.05, 0.1) is 31.9 Å². The Balaban J connectivity index is 2.50. The molecule has 1 aromatic heterocycles. The molecule has 0 saturated heterocycles. The van der Waals surface area contributed by atoms with Gasteiger partial charge < -0.3 is 14.2 Å². The molecule has 2 rings (SSSR count). The molecule has 0 aliphatic rings. The fourth-order valence-corrected chi connectivity index (χ4v) is 1.78. The first-order chi connectivity index (χ1) is 9.19. The maximum atomic E-state index is 11.6. The molecule has 5 nitrogen and oxygen atoms in total. The van der Waals surface area contributed by atoms with Crippen molar-refractivity contribution < 1.29 is 19.0 Å². The van der Waals surface area contributed by atoms with Gasteiger partial charge in [0, 0.05) is 17.6 Å². The number of aromatic nitrogens is 1. The minimum absolute atomic E-state index is 0.336. The number of carbonyl (C=O) groups is 1. The lowest BCUT2D eigenvalue weighted by Crippen LogP contribution is -2.05. The molecule has 0 unspecified atom stereocenters. The molecule has 0 aliphatic carbocycles. The van der Waals surface area contributed by atoms with Gasteiger partial charge in [0.2, 0.25) is 0 Å². The largest absolute Gasteiger partial charge is 0.493 e. The van der Waals surface area contributed by atoms with Crippen molar-refractivity contribution >= 4 is 16.9 Å². The summed E-state index contributed by atoms with van der Waals surface area (Å²) >= 11 is 0. The van der Waals surface area contributed by atoms with Crippen molar-refractivity contribution in [3.63, 3.8) is 0 Å². The SMILES string of the molecule is CCOC(=O)c1cnc2cc(OC)c(OC)cc2c1. The number of methoxy groups -OCH3 is 2. The second-order valence-corrected chi connectivity index (χ2v) is 3.84. The Hall–Kier alpha value is -2.30. The van der Waals surface area contributed by atoms with Crippen molar-refractivity contribution in [3.8, 4) is 11.5 Å². The van der Waals surface area contributed by atoms with E-state index in [2.05, 4.69) is 4.98 Å². The van der Waals surface area contributed by atoms with Crippen LogP contribution in [0.5, 0.6) is 11.5 Å². The molecule has 1 aromatic carbocycles. The zero-order valence-corrected chi connectivity index (χ0v) is 11.1. The summed E-state index contributed by atoms with van der Waals surface area (Å²) in [5, 5.41) is 0.795. The van der Waals surface area contributed by atoms with Crippen LogP contribution in [0.25, 0.3) is 10.9 Å². The number of hydrogen-bond acceptors (Lipinski definition) is 5. The maximum absolute atomic E-state index is 11.6. The fraction of sp³-hybridized carbons (Fsp3) is 0.286. The van der Waals surface area contributed by atoms with Crippen molar-refractivity contribution in [1.82, 2.24) is 4.98 Å². The van der Waals surface area contributed by atoms with Crippen LogP contribution < -0.4 is 9.47 Å². The Morgan fingerprint density at radius 1 is 1.16 bits per heavy atom. The summed E-state index contributed by atoms with van der Waals surface area (Å²) in [6, 6.07) is 5.27. The molecule has 0 aliphatic heterocycles. The predicted octanol–water partition coefficient (Wildman–Crippen LogP) is 2.43. The van der Waals surface area contributed by atoms with Crippen LogP contribution in [0.3, 0.4) is 0 Å². The van der Waals surface area contributed by atoms with Crippen LogP contribution in [0.15, 0.2) is 24.4 Å². The van der Waals surface area contributed by atoms with Crippen molar-refractivity contribution in [2.45, 2.75) is 6.92 Å². The molecule has 0 atom stereocenters. The number of fused-ring (bicyclic) bond motifs is 1. The molecule has 0 radical (unpaired) electrons. The van der Waals surface area contributed by atoms with E-state index in [0.29, 0.717) is 23.7 Å². The van der Waals surface area contributed by atoms with Crippen molar-refractivity contribution in [1.29, 1.82) is 0 Å². The summed E-state index contributed by atoms with van der Waals surface area (Å²) in [5.74, 6) is 0.816. The first-order valence-corrected chi connectivity index (χ1v) is 5.88. The first-order valence-electron chi connectivity index (χ1n) is 5.88. The van der Waals surface area contributed by atoms with Gasteiger partial charge in [-0.05, 0) is 19.1 Å². The number of carbonyl (C=O) groups excluding carboxylic acids is 1. The van der Waals surface area contributed by atoms with Gasteiger partial charge in [0.25, 0.3) is 0 Å². The molecule has 0 saturated carbocycles. The number of pyridine rings is 1. The van der Waals surface area contributed by atoms with Crippen LogP contribution in [-0.4, -0.2) is 31.8 Å². The van der Waals surface area contributed by atoms with E-state index in [-0.39, 0.29) is 5.97 Å². The molecule has 100 valence electrons. The van der Waals surface area contributed by atoms with Crippen LogP contribution in [0, 0.1) is 0 Å². The predicted molar refractivity (Wildman–Crippen MR) is 70.8 cm³/mol. The third-order valence-electron chi connectivity index (χ3n) is 2.70. The molecule has 0 spiro atoms. The van der Waals surface area contributed by atoms with E-state index in [1.54, 1.807) is 39.3 Å². The second-order valence-electron chi connectivity index (χ2n) is 3.84. The highest BCUT2D eigenvalue weighted by Gasteiger charge is 2.11. The first kappa shape index (κ1) is 13.1. The number of esters is 1. The molecule has 19 heavy (non-hydrogen) atoms. The lowest BCUT2D eigenvalue weighted by atomic mass is 10.1. The van der Waals surface area contributed by atoms with Gasteiger partial charge >= 0.3 is 5.97 Å². The third-order valence-corrected chi connectivity index (χ3v) is 2.70. The lowest BCUT2D eigenvalue weighted by Gasteiger charge is -2.09. The Bertz CT molecular complexity index is 610. The van der Waals surface area contributed by atoms with Gasteiger partial charge in [0.15, 0.2) is 11.5 Å². The summed E-state index contributed by atoms with van der Waals surface area (Å²) < 4.78 is 15.4. The summed E-state index contributed by atoms with van der Waals surface area (Å²) in [4.78, 5) is 15.9. The standard InChI is InChI=1S/C14H15NO4/c1-4-19-14(16)10-5-9-6-12(17-2)13(18-3)7-11(9)15-8-10/h5-8H,4H2,1-3H3. The third kappa shape index (κ3) is 2.59. The van der Waals surface area contributed by atoms with Crippen LogP contribution >= 0.6 is 0 Å². The summed E-state index contributed by atoms with van der Waals surface area (Å²) in [6.45, 7) is 2.10. The van der Waals surface area contributed by atoms with Crippen LogP contribution in [0.1, 0.15) is 17.3 Å². The van der Waals surface area contributed by atoms with Crippen molar-refractivity contribution in [2.75, 3.05) is 20.8 Å². The minimum atomic E-state index is -0.383. The van der Waals surface area contributed by atoms with E-state index in [1.807, 2.05) is 0 Å². The van der Waals surface area contributed by atoms with Gasteiger partial charge in [-0.25, -0.2) is 4.79 Å².